The van der Waals surface area contributed by atoms with Crippen molar-refractivity contribution in [3.8, 4) is 5.75 Å². The zero-order chi connectivity index (χ0) is 18.7. The van der Waals surface area contributed by atoms with Crippen LogP contribution in [0, 0.1) is 13.8 Å². The summed E-state index contributed by atoms with van der Waals surface area (Å²) in [6, 6.07) is 10.9. The van der Waals surface area contributed by atoms with Crippen LogP contribution in [-0.2, 0) is 16.1 Å². The number of rotatable bonds is 4. The number of fused-ring (bicyclic) bond motifs is 1. The average Bonchev–Trinajstić information content (AvgIpc) is 3.02. The van der Waals surface area contributed by atoms with Crippen molar-refractivity contribution in [2.45, 2.75) is 20.4 Å². The van der Waals surface area contributed by atoms with Gasteiger partial charge in [-0.3, -0.25) is 4.79 Å². The van der Waals surface area contributed by atoms with Gasteiger partial charge in [-0.15, -0.1) is 0 Å². The normalized spacial score (nSPS) is 10.6. The van der Waals surface area contributed by atoms with Crippen LogP contribution in [0.3, 0.4) is 0 Å². The quantitative estimate of drug-likeness (QED) is 0.574. The Morgan fingerprint density at radius 1 is 1.15 bits per heavy atom. The molecular formula is C19H19N3O4. The van der Waals surface area contributed by atoms with Crippen molar-refractivity contribution in [1.29, 1.82) is 0 Å². The Bertz CT molecular complexity index is 978. The topological polar surface area (TPSA) is 82.5 Å². The van der Waals surface area contributed by atoms with Gasteiger partial charge < -0.3 is 19.4 Å². The van der Waals surface area contributed by atoms with Crippen molar-refractivity contribution in [2.75, 3.05) is 12.4 Å². The molecule has 0 radical (unpaired) electrons. The summed E-state index contributed by atoms with van der Waals surface area (Å²) in [4.78, 5) is 28.1. The molecule has 2 aromatic carbocycles. The summed E-state index contributed by atoms with van der Waals surface area (Å²) in [5, 5.41) is 2.86. The number of carbonyl (C=O) groups excluding carboxylic acids is 2. The number of anilines is 1. The van der Waals surface area contributed by atoms with Crippen LogP contribution < -0.4 is 10.1 Å². The SMILES string of the molecule is COC(=O)Oc1cccc2ncn(CC(=O)Nc3ccc(C)c(C)c3)c12. The van der Waals surface area contributed by atoms with Crippen molar-refractivity contribution in [1.82, 2.24) is 9.55 Å². The molecule has 1 aromatic heterocycles. The highest BCUT2D eigenvalue weighted by molar-refractivity contribution is 5.92. The predicted octanol–water partition coefficient (Wildman–Crippen LogP) is 3.44. The van der Waals surface area contributed by atoms with Gasteiger partial charge in [-0.1, -0.05) is 12.1 Å². The molecular weight excluding hydrogens is 334 g/mol. The second-order valence-electron chi connectivity index (χ2n) is 5.90. The zero-order valence-electron chi connectivity index (χ0n) is 14.8. The van der Waals surface area contributed by atoms with Crippen molar-refractivity contribution >= 4 is 28.8 Å². The molecule has 0 fully saturated rings. The summed E-state index contributed by atoms with van der Waals surface area (Å²) in [5.74, 6) is 0.0752. The number of aromatic nitrogens is 2. The fourth-order valence-electron chi connectivity index (χ4n) is 2.60. The minimum absolute atomic E-state index is 0.0327. The Balaban J connectivity index is 1.82. The largest absolute Gasteiger partial charge is 0.513 e. The van der Waals surface area contributed by atoms with Gasteiger partial charge in [0.15, 0.2) is 5.75 Å². The van der Waals surface area contributed by atoms with Crippen LogP contribution in [0.4, 0.5) is 10.5 Å². The fourth-order valence-corrected chi connectivity index (χ4v) is 2.60. The van der Waals surface area contributed by atoms with E-state index in [1.165, 1.54) is 13.4 Å². The molecule has 7 nitrogen and oxygen atoms in total. The van der Waals surface area contributed by atoms with E-state index < -0.39 is 6.16 Å². The lowest BCUT2D eigenvalue weighted by Gasteiger charge is -2.10. The molecule has 0 aliphatic carbocycles. The Morgan fingerprint density at radius 2 is 1.96 bits per heavy atom. The van der Waals surface area contributed by atoms with Crippen LogP contribution in [0.1, 0.15) is 11.1 Å². The van der Waals surface area contributed by atoms with E-state index in [1.54, 1.807) is 22.8 Å². The molecule has 7 heteroatoms. The zero-order valence-corrected chi connectivity index (χ0v) is 14.8. The maximum atomic E-state index is 12.4. The van der Waals surface area contributed by atoms with Crippen molar-refractivity contribution in [3.05, 3.63) is 53.9 Å². The molecule has 1 amide bonds. The van der Waals surface area contributed by atoms with Crippen LogP contribution in [0.25, 0.3) is 11.0 Å². The molecule has 0 spiro atoms. The predicted molar refractivity (Wildman–Crippen MR) is 97.3 cm³/mol. The Morgan fingerprint density at radius 3 is 2.69 bits per heavy atom. The summed E-state index contributed by atoms with van der Waals surface area (Å²) >= 11 is 0. The molecule has 134 valence electrons. The molecule has 26 heavy (non-hydrogen) atoms. The number of carbonyl (C=O) groups is 2. The fraction of sp³-hybridized carbons (Fsp3) is 0.211. The molecule has 0 saturated heterocycles. The van der Waals surface area contributed by atoms with E-state index in [0.717, 1.165) is 16.8 Å². The number of para-hydroxylation sites is 1. The first kappa shape index (κ1) is 17.5. The number of hydrogen-bond acceptors (Lipinski definition) is 5. The molecule has 1 N–H and O–H groups in total. The third-order valence-electron chi connectivity index (χ3n) is 4.07. The van der Waals surface area contributed by atoms with Crippen LogP contribution >= 0.6 is 0 Å². The number of benzene rings is 2. The number of hydrogen-bond donors (Lipinski definition) is 1. The molecule has 0 atom stereocenters. The molecule has 0 bridgehead atoms. The summed E-state index contributed by atoms with van der Waals surface area (Å²) in [6.07, 6.45) is 0.708. The Hall–Kier alpha value is -3.35. The summed E-state index contributed by atoms with van der Waals surface area (Å²) < 4.78 is 11.3. The standard InChI is InChI=1S/C19H19N3O4/c1-12-7-8-14(9-13(12)2)21-17(23)10-22-11-20-15-5-4-6-16(18(15)22)26-19(24)25-3/h4-9,11H,10H2,1-3H3,(H,21,23). The summed E-state index contributed by atoms with van der Waals surface area (Å²) in [7, 11) is 1.23. The molecule has 0 aliphatic heterocycles. The van der Waals surface area contributed by atoms with E-state index in [4.69, 9.17) is 4.74 Å². The smallest absolute Gasteiger partial charge is 0.437 e. The number of nitrogens with zero attached hydrogens (tertiary/aromatic N) is 2. The van der Waals surface area contributed by atoms with Crippen LogP contribution in [0.5, 0.6) is 5.75 Å². The summed E-state index contributed by atoms with van der Waals surface area (Å²) in [5.41, 5.74) is 4.16. The molecule has 0 unspecified atom stereocenters. The van der Waals surface area contributed by atoms with Gasteiger partial charge in [0.1, 0.15) is 12.1 Å². The number of amides is 1. The lowest BCUT2D eigenvalue weighted by atomic mass is 10.1. The maximum absolute atomic E-state index is 12.4. The Labute approximate surface area is 150 Å². The second-order valence-corrected chi connectivity index (χ2v) is 5.90. The number of ether oxygens (including phenoxy) is 2. The highest BCUT2D eigenvalue weighted by Gasteiger charge is 2.15. The number of aryl methyl sites for hydroxylation is 2. The van der Waals surface area contributed by atoms with Gasteiger partial charge in [0.25, 0.3) is 0 Å². The van der Waals surface area contributed by atoms with Crippen molar-refractivity contribution in [3.63, 3.8) is 0 Å². The first-order valence-electron chi connectivity index (χ1n) is 8.04. The lowest BCUT2D eigenvalue weighted by molar-refractivity contribution is -0.116. The van der Waals surface area contributed by atoms with Gasteiger partial charge in [0.2, 0.25) is 5.91 Å². The van der Waals surface area contributed by atoms with E-state index in [0.29, 0.717) is 11.0 Å². The minimum atomic E-state index is -0.829. The van der Waals surface area contributed by atoms with E-state index >= 15 is 0 Å². The lowest BCUT2D eigenvalue weighted by Crippen LogP contribution is -2.18. The highest BCUT2D eigenvalue weighted by Crippen LogP contribution is 2.25. The first-order chi connectivity index (χ1) is 12.5. The summed E-state index contributed by atoms with van der Waals surface area (Å²) in [6.45, 7) is 4.04. The second kappa shape index (κ2) is 7.26. The number of imidazole rings is 1. The van der Waals surface area contributed by atoms with Crippen LogP contribution in [0.2, 0.25) is 0 Å². The van der Waals surface area contributed by atoms with Crippen LogP contribution in [0.15, 0.2) is 42.7 Å². The van der Waals surface area contributed by atoms with Gasteiger partial charge in [-0.05, 0) is 49.2 Å². The van der Waals surface area contributed by atoms with Gasteiger partial charge in [0, 0.05) is 5.69 Å². The molecule has 3 aromatic rings. The van der Waals surface area contributed by atoms with Crippen molar-refractivity contribution < 1.29 is 19.1 Å². The number of methoxy groups -OCH3 is 1. The van der Waals surface area contributed by atoms with E-state index in [-0.39, 0.29) is 18.2 Å². The van der Waals surface area contributed by atoms with Gasteiger partial charge in [0.05, 0.1) is 19.0 Å². The van der Waals surface area contributed by atoms with E-state index in [2.05, 4.69) is 15.0 Å². The average molecular weight is 353 g/mol. The minimum Gasteiger partial charge on any atom is -0.437 e. The Kier molecular flexibility index (Phi) is 4.88. The monoisotopic (exact) mass is 353 g/mol. The highest BCUT2D eigenvalue weighted by atomic mass is 16.7. The number of nitrogens with one attached hydrogen (secondary N) is 1. The molecule has 0 aliphatic rings. The molecule has 0 saturated carbocycles. The maximum Gasteiger partial charge on any atom is 0.513 e. The third-order valence-corrected chi connectivity index (χ3v) is 4.07. The van der Waals surface area contributed by atoms with E-state index in [9.17, 15) is 9.59 Å². The van der Waals surface area contributed by atoms with Gasteiger partial charge in [-0.2, -0.15) is 0 Å². The third kappa shape index (κ3) is 3.66. The van der Waals surface area contributed by atoms with Crippen molar-refractivity contribution in [2.24, 2.45) is 0 Å². The molecule has 1 heterocycles. The van der Waals surface area contributed by atoms with Gasteiger partial charge >= 0.3 is 6.16 Å². The van der Waals surface area contributed by atoms with E-state index in [1.807, 2.05) is 32.0 Å². The first-order valence-corrected chi connectivity index (χ1v) is 8.04. The molecule has 3 rings (SSSR count). The van der Waals surface area contributed by atoms with Gasteiger partial charge in [-0.25, -0.2) is 9.78 Å². The van der Waals surface area contributed by atoms with Crippen LogP contribution in [-0.4, -0.2) is 28.7 Å².